The molecule has 0 saturated carbocycles. The molecule has 0 unspecified atom stereocenters. The Balaban J connectivity index is 1.29. The first-order chi connectivity index (χ1) is 16.7. The Morgan fingerprint density at radius 2 is 1.97 bits per heavy atom. The van der Waals surface area contributed by atoms with E-state index < -0.39 is 0 Å². The molecule has 0 radical (unpaired) electrons. The number of rotatable bonds is 7. The number of hydrogen-bond acceptors (Lipinski definition) is 5. The molecule has 1 N–H and O–H groups in total. The molecule has 1 amide bonds. The van der Waals surface area contributed by atoms with E-state index in [1.165, 1.54) is 18.5 Å². The first-order valence-electron chi connectivity index (χ1n) is 12.4. The van der Waals surface area contributed by atoms with E-state index in [-0.39, 0.29) is 5.91 Å². The highest BCUT2D eigenvalue weighted by molar-refractivity contribution is 7.09. The number of thiazole rings is 1. The second-order valence-corrected chi connectivity index (χ2v) is 10.2. The van der Waals surface area contributed by atoms with E-state index >= 15 is 0 Å². The first kappa shape index (κ1) is 23.0. The predicted molar refractivity (Wildman–Crippen MR) is 137 cm³/mol. The second-order valence-electron chi connectivity index (χ2n) is 9.26. The predicted octanol–water partition coefficient (Wildman–Crippen LogP) is 4.86. The van der Waals surface area contributed by atoms with Crippen molar-refractivity contribution in [3.05, 3.63) is 70.3 Å². The number of carbonyl (C=O) groups is 1. The lowest BCUT2D eigenvalue weighted by Crippen LogP contribution is -2.36. The Bertz CT molecular complexity index is 1130. The Kier molecular flexibility index (Phi) is 7.21. The summed E-state index contributed by atoms with van der Waals surface area (Å²) in [5, 5.41) is 11.7. The number of allylic oxidation sites excluding steroid dienone is 1. The van der Waals surface area contributed by atoms with Gasteiger partial charge in [0.1, 0.15) is 5.01 Å². The molecule has 1 aliphatic carbocycles. The summed E-state index contributed by atoms with van der Waals surface area (Å²) in [6, 6.07) is 10.6. The fourth-order valence-electron chi connectivity index (χ4n) is 5.10. The van der Waals surface area contributed by atoms with E-state index in [4.69, 9.17) is 10.1 Å². The highest BCUT2D eigenvalue weighted by Gasteiger charge is 2.31. The van der Waals surface area contributed by atoms with Gasteiger partial charge in [-0.25, -0.2) is 4.98 Å². The van der Waals surface area contributed by atoms with Gasteiger partial charge in [0.15, 0.2) is 5.69 Å². The molecule has 1 aliphatic heterocycles. The van der Waals surface area contributed by atoms with Crippen molar-refractivity contribution in [2.75, 3.05) is 13.1 Å². The van der Waals surface area contributed by atoms with Gasteiger partial charge < -0.3 is 10.2 Å². The van der Waals surface area contributed by atoms with Crippen molar-refractivity contribution >= 4 is 17.2 Å². The van der Waals surface area contributed by atoms with Crippen molar-refractivity contribution in [1.82, 2.24) is 25.0 Å². The molecule has 2 aliphatic rings. The smallest absolute Gasteiger partial charge is 0.274 e. The summed E-state index contributed by atoms with van der Waals surface area (Å²) in [4.78, 5) is 20.3. The van der Waals surface area contributed by atoms with Crippen molar-refractivity contribution < 1.29 is 4.79 Å². The van der Waals surface area contributed by atoms with E-state index in [9.17, 15) is 4.79 Å². The molecule has 7 heteroatoms. The van der Waals surface area contributed by atoms with Gasteiger partial charge >= 0.3 is 0 Å². The molecule has 2 aromatic heterocycles. The van der Waals surface area contributed by atoms with Crippen LogP contribution in [0.5, 0.6) is 0 Å². The van der Waals surface area contributed by atoms with Crippen LogP contribution in [-0.4, -0.2) is 44.7 Å². The molecule has 34 heavy (non-hydrogen) atoms. The van der Waals surface area contributed by atoms with Crippen LogP contribution in [0.1, 0.15) is 58.9 Å². The van der Waals surface area contributed by atoms with Crippen molar-refractivity contribution in [3.63, 3.8) is 0 Å². The van der Waals surface area contributed by atoms with Crippen LogP contribution in [-0.2, 0) is 25.9 Å². The second kappa shape index (κ2) is 10.7. The normalized spacial score (nSPS) is 18.4. The van der Waals surface area contributed by atoms with Gasteiger partial charge in [0.05, 0.1) is 12.2 Å². The minimum Gasteiger partial charge on any atom is -0.337 e. The molecule has 3 heterocycles. The van der Waals surface area contributed by atoms with E-state index in [1.54, 1.807) is 11.3 Å². The number of fused-ring (bicyclic) bond motifs is 1. The maximum Gasteiger partial charge on any atom is 0.274 e. The number of amides is 1. The lowest BCUT2D eigenvalue weighted by atomic mass is 9.91. The summed E-state index contributed by atoms with van der Waals surface area (Å²) < 4.78 is 2.00. The SMILES string of the molecule is C=CCn1nc(C(=O)N2CCCCCC2)c2c1CC[C@H](NCc1nc(-c3ccccc3)cs1)C2. The van der Waals surface area contributed by atoms with Crippen molar-refractivity contribution in [2.45, 2.75) is 64.1 Å². The zero-order valence-corrected chi connectivity index (χ0v) is 20.5. The number of nitrogens with zero attached hydrogens (tertiary/aromatic N) is 4. The highest BCUT2D eigenvalue weighted by Crippen LogP contribution is 2.28. The lowest BCUT2D eigenvalue weighted by Gasteiger charge is -2.25. The van der Waals surface area contributed by atoms with Gasteiger partial charge in [-0.05, 0) is 32.1 Å². The first-order valence-corrected chi connectivity index (χ1v) is 13.3. The van der Waals surface area contributed by atoms with Crippen molar-refractivity contribution in [2.24, 2.45) is 0 Å². The standard InChI is InChI=1S/C27H33N5OS/c1-2-14-32-24-13-12-21(28-18-25-29-23(19-34-25)20-10-6-5-7-11-20)17-22(24)26(30-32)27(33)31-15-8-3-4-9-16-31/h2,5-7,10-11,19,21,28H,1,3-4,8-9,12-18H2/t21-/m0/s1. The van der Waals surface area contributed by atoms with Crippen LogP contribution in [0.2, 0.25) is 0 Å². The van der Waals surface area contributed by atoms with Gasteiger partial charge in [-0.15, -0.1) is 17.9 Å². The summed E-state index contributed by atoms with van der Waals surface area (Å²) in [7, 11) is 0. The average molecular weight is 476 g/mol. The summed E-state index contributed by atoms with van der Waals surface area (Å²) in [5.41, 5.74) is 5.18. The van der Waals surface area contributed by atoms with Crippen LogP contribution >= 0.6 is 11.3 Å². The van der Waals surface area contributed by atoms with Crippen LogP contribution in [0.3, 0.4) is 0 Å². The lowest BCUT2D eigenvalue weighted by molar-refractivity contribution is 0.0753. The fraction of sp³-hybridized carbons (Fsp3) is 0.444. The molecule has 6 nitrogen and oxygen atoms in total. The molecule has 1 fully saturated rings. The molecule has 1 atom stereocenters. The molecule has 5 rings (SSSR count). The van der Waals surface area contributed by atoms with E-state index in [2.05, 4.69) is 29.4 Å². The minimum atomic E-state index is 0.106. The summed E-state index contributed by atoms with van der Waals surface area (Å²) in [5.74, 6) is 0.106. The Morgan fingerprint density at radius 1 is 1.18 bits per heavy atom. The van der Waals surface area contributed by atoms with Gasteiger partial charge in [-0.3, -0.25) is 9.48 Å². The average Bonchev–Trinajstić information content (AvgIpc) is 3.38. The topological polar surface area (TPSA) is 63.1 Å². The van der Waals surface area contributed by atoms with Crippen molar-refractivity contribution in [3.8, 4) is 11.3 Å². The highest BCUT2D eigenvalue weighted by atomic mass is 32.1. The van der Waals surface area contributed by atoms with Gasteiger partial charge in [-0.1, -0.05) is 49.2 Å². The Morgan fingerprint density at radius 3 is 2.74 bits per heavy atom. The molecule has 3 aromatic rings. The number of aromatic nitrogens is 3. The van der Waals surface area contributed by atoms with Gasteiger partial charge in [0, 0.05) is 47.9 Å². The molecular formula is C27H33N5OS. The van der Waals surface area contributed by atoms with Crippen molar-refractivity contribution in [1.29, 1.82) is 0 Å². The van der Waals surface area contributed by atoms with Crippen LogP contribution in [0.4, 0.5) is 0 Å². The minimum absolute atomic E-state index is 0.106. The van der Waals surface area contributed by atoms with Gasteiger partial charge in [-0.2, -0.15) is 5.10 Å². The molecular weight excluding hydrogens is 442 g/mol. The number of benzene rings is 1. The molecule has 178 valence electrons. The van der Waals surface area contributed by atoms with Crippen LogP contribution in [0.25, 0.3) is 11.3 Å². The summed E-state index contributed by atoms with van der Waals surface area (Å²) in [6.45, 7) is 6.97. The maximum absolute atomic E-state index is 13.5. The van der Waals surface area contributed by atoms with Gasteiger partial charge in [0.2, 0.25) is 0 Å². The molecule has 0 bridgehead atoms. The summed E-state index contributed by atoms with van der Waals surface area (Å²) >= 11 is 1.70. The van der Waals surface area contributed by atoms with Crippen LogP contribution in [0.15, 0.2) is 48.4 Å². The number of likely N-dealkylation sites (tertiary alicyclic amines) is 1. The quantitative estimate of drug-likeness (QED) is 0.496. The van der Waals surface area contributed by atoms with E-state index in [0.717, 1.165) is 73.6 Å². The van der Waals surface area contributed by atoms with Crippen LogP contribution < -0.4 is 5.32 Å². The third-order valence-electron chi connectivity index (χ3n) is 6.91. The maximum atomic E-state index is 13.5. The Hall–Kier alpha value is -2.77. The third-order valence-corrected chi connectivity index (χ3v) is 7.76. The zero-order valence-electron chi connectivity index (χ0n) is 19.7. The third kappa shape index (κ3) is 5.00. The number of carbonyl (C=O) groups excluding carboxylic acids is 1. The molecule has 1 aromatic carbocycles. The molecule has 0 spiro atoms. The number of hydrogen-bond donors (Lipinski definition) is 1. The monoisotopic (exact) mass is 475 g/mol. The van der Waals surface area contributed by atoms with Crippen LogP contribution in [0, 0.1) is 0 Å². The van der Waals surface area contributed by atoms with E-state index in [0.29, 0.717) is 18.3 Å². The van der Waals surface area contributed by atoms with E-state index in [1.807, 2.05) is 33.9 Å². The fourth-order valence-corrected chi connectivity index (χ4v) is 5.85. The summed E-state index contributed by atoms with van der Waals surface area (Å²) in [6.07, 6.45) is 9.25. The zero-order chi connectivity index (χ0) is 23.3. The Labute approximate surface area is 205 Å². The largest absolute Gasteiger partial charge is 0.337 e. The van der Waals surface area contributed by atoms with Gasteiger partial charge in [0.25, 0.3) is 5.91 Å². The molecule has 1 saturated heterocycles. The number of nitrogens with one attached hydrogen (secondary N) is 1.